The molecule has 0 N–H and O–H groups in total. The molecule has 1 aromatic carbocycles. The van der Waals surface area contributed by atoms with Crippen molar-refractivity contribution in [3.05, 3.63) is 63.9 Å². The summed E-state index contributed by atoms with van der Waals surface area (Å²) in [6, 6.07) is 12.4. The van der Waals surface area contributed by atoms with Crippen molar-refractivity contribution in [2.24, 2.45) is 0 Å². The number of fused-ring (bicyclic) bond motifs is 1. The van der Waals surface area contributed by atoms with E-state index < -0.39 is 0 Å². The van der Waals surface area contributed by atoms with E-state index in [1.807, 2.05) is 19.1 Å². The molecule has 0 saturated carbocycles. The zero-order chi connectivity index (χ0) is 13.2. The van der Waals surface area contributed by atoms with Crippen LogP contribution in [0.3, 0.4) is 0 Å². The lowest BCUT2D eigenvalue weighted by Crippen LogP contribution is -2.06. The summed E-state index contributed by atoms with van der Waals surface area (Å²) < 4.78 is 0. The minimum Gasteiger partial charge on any atom is -0.253 e. The van der Waals surface area contributed by atoms with Crippen LogP contribution in [0.15, 0.2) is 36.4 Å². The molecule has 1 heterocycles. The van der Waals surface area contributed by atoms with E-state index >= 15 is 0 Å². The number of aromatic nitrogens is 1. The summed E-state index contributed by atoms with van der Waals surface area (Å²) in [6.45, 7) is 2.00. The molecule has 19 heavy (non-hydrogen) atoms. The smallest absolute Gasteiger partial charge is 0.0711 e. The zero-order valence-corrected chi connectivity index (χ0v) is 11.7. The molecule has 0 fully saturated rings. The van der Waals surface area contributed by atoms with E-state index in [4.69, 9.17) is 16.6 Å². The van der Waals surface area contributed by atoms with Crippen molar-refractivity contribution in [3.8, 4) is 0 Å². The van der Waals surface area contributed by atoms with Gasteiger partial charge in [0.2, 0.25) is 0 Å². The first kappa shape index (κ1) is 12.4. The summed E-state index contributed by atoms with van der Waals surface area (Å²) in [5, 5.41) is 0.862. The molecule has 1 aliphatic rings. The van der Waals surface area contributed by atoms with Gasteiger partial charge in [0.1, 0.15) is 0 Å². The zero-order valence-electron chi connectivity index (χ0n) is 11.0. The van der Waals surface area contributed by atoms with E-state index in [1.54, 1.807) is 0 Å². The van der Waals surface area contributed by atoms with Crippen molar-refractivity contribution < 1.29 is 0 Å². The molecule has 0 amide bonds. The Morgan fingerprint density at radius 2 is 1.95 bits per heavy atom. The minimum absolute atomic E-state index is 0.862. The number of halogens is 1. The SMILES string of the molecule is Cc1cc(Cl)c2c(n1)/C(=C\c1ccccc1)CCC2. The van der Waals surface area contributed by atoms with Gasteiger partial charge >= 0.3 is 0 Å². The predicted molar refractivity (Wildman–Crippen MR) is 81.2 cm³/mol. The molecule has 96 valence electrons. The van der Waals surface area contributed by atoms with Gasteiger partial charge in [-0.3, -0.25) is 4.98 Å². The molecule has 1 aliphatic carbocycles. The Hall–Kier alpha value is -1.60. The fourth-order valence-corrected chi connectivity index (χ4v) is 2.97. The topological polar surface area (TPSA) is 12.9 Å². The second-order valence-corrected chi connectivity index (χ2v) is 5.41. The maximum atomic E-state index is 6.35. The van der Waals surface area contributed by atoms with E-state index in [2.05, 4.69) is 30.3 Å². The first-order valence-corrected chi connectivity index (χ1v) is 7.04. The molecule has 1 aromatic heterocycles. The van der Waals surface area contributed by atoms with Crippen molar-refractivity contribution in [2.75, 3.05) is 0 Å². The number of pyridine rings is 1. The second kappa shape index (κ2) is 5.18. The number of allylic oxidation sites excluding steroid dienone is 1. The Bertz CT molecular complexity index is 629. The lowest BCUT2D eigenvalue weighted by Gasteiger charge is -2.20. The monoisotopic (exact) mass is 269 g/mol. The number of nitrogens with zero attached hydrogens (tertiary/aromatic N) is 1. The van der Waals surface area contributed by atoms with E-state index in [-0.39, 0.29) is 0 Å². The largest absolute Gasteiger partial charge is 0.253 e. The van der Waals surface area contributed by atoms with Gasteiger partial charge in [0.15, 0.2) is 0 Å². The van der Waals surface area contributed by atoms with Gasteiger partial charge in [0, 0.05) is 10.7 Å². The summed E-state index contributed by atoms with van der Waals surface area (Å²) in [4.78, 5) is 4.70. The Morgan fingerprint density at radius 1 is 1.16 bits per heavy atom. The maximum absolute atomic E-state index is 6.35. The fourth-order valence-electron chi connectivity index (χ4n) is 2.63. The van der Waals surface area contributed by atoms with Crippen LogP contribution in [0.25, 0.3) is 11.6 Å². The summed E-state index contributed by atoms with van der Waals surface area (Å²) in [6.07, 6.45) is 5.50. The van der Waals surface area contributed by atoms with E-state index in [0.29, 0.717) is 0 Å². The first-order valence-electron chi connectivity index (χ1n) is 6.66. The van der Waals surface area contributed by atoms with Gasteiger partial charge in [-0.25, -0.2) is 0 Å². The number of rotatable bonds is 1. The summed E-state index contributed by atoms with van der Waals surface area (Å²) >= 11 is 6.35. The third-order valence-electron chi connectivity index (χ3n) is 3.52. The van der Waals surface area contributed by atoms with Crippen molar-refractivity contribution >= 4 is 23.3 Å². The van der Waals surface area contributed by atoms with Crippen LogP contribution in [-0.2, 0) is 6.42 Å². The maximum Gasteiger partial charge on any atom is 0.0711 e. The van der Waals surface area contributed by atoms with Crippen LogP contribution in [0.5, 0.6) is 0 Å². The summed E-state index contributed by atoms with van der Waals surface area (Å²) in [5.74, 6) is 0. The van der Waals surface area contributed by atoms with Crippen LogP contribution in [0.1, 0.15) is 35.4 Å². The van der Waals surface area contributed by atoms with Gasteiger partial charge in [0.05, 0.1) is 5.69 Å². The average molecular weight is 270 g/mol. The highest BCUT2D eigenvalue weighted by Crippen LogP contribution is 2.35. The number of hydrogen-bond acceptors (Lipinski definition) is 1. The summed E-state index contributed by atoms with van der Waals surface area (Å²) in [7, 11) is 0. The van der Waals surface area contributed by atoms with Gasteiger partial charge in [-0.2, -0.15) is 0 Å². The van der Waals surface area contributed by atoms with Crippen LogP contribution in [0.4, 0.5) is 0 Å². The molecule has 0 spiro atoms. The van der Waals surface area contributed by atoms with Crippen molar-refractivity contribution in [2.45, 2.75) is 26.2 Å². The van der Waals surface area contributed by atoms with E-state index in [9.17, 15) is 0 Å². The Labute approximate surface area is 119 Å². The van der Waals surface area contributed by atoms with Crippen LogP contribution >= 0.6 is 11.6 Å². The second-order valence-electron chi connectivity index (χ2n) is 5.01. The number of hydrogen-bond donors (Lipinski definition) is 0. The summed E-state index contributed by atoms with van der Waals surface area (Å²) in [5.41, 5.74) is 5.83. The highest BCUT2D eigenvalue weighted by Gasteiger charge is 2.18. The molecule has 1 nitrogen and oxygen atoms in total. The van der Waals surface area contributed by atoms with Crippen LogP contribution < -0.4 is 0 Å². The third kappa shape index (κ3) is 2.57. The van der Waals surface area contributed by atoms with E-state index in [0.717, 1.165) is 35.7 Å². The molecule has 0 saturated heterocycles. The molecule has 0 bridgehead atoms. The van der Waals surface area contributed by atoms with Crippen molar-refractivity contribution in [1.29, 1.82) is 0 Å². The molecule has 0 radical (unpaired) electrons. The molecule has 2 aromatic rings. The lowest BCUT2D eigenvalue weighted by atomic mass is 9.90. The van der Waals surface area contributed by atoms with Crippen LogP contribution in [0.2, 0.25) is 5.02 Å². The highest BCUT2D eigenvalue weighted by molar-refractivity contribution is 6.31. The predicted octanol–water partition coefficient (Wildman–Crippen LogP) is 4.92. The molecule has 3 rings (SSSR count). The molecular weight excluding hydrogens is 254 g/mol. The van der Waals surface area contributed by atoms with E-state index in [1.165, 1.54) is 16.7 Å². The minimum atomic E-state index is 0.862. The first-order chi connectivity index (χ1) is 9.24. The third-order valence-corrected chi connectivity index (χ3v) is 3.85. The normalized spacial score (nSPS) is 16.4. The van der Waals surface area contributed by atoms with Gasteiger partial charge in [-0.1, -0.05) is 41.9 Å². The Morgan fingerprint density at radius 3 is 2.74 bits per heavy atom. The van der Waals surface area contributed by atoms with Crippen molar-refractivity contribution in [1.82, 2.24) is 4.98 Å². The van der Waals surface area contributed by atoms with Gasteiger partial charge in [0.25, 0.3) is 0 Å². The van der Waals surface area contributed by atoms with Gasteiger partial charge < -0.3 is 0 Å². The molecular formula is C17H16ClN. The van der Waals surface area contributed by atoms with Gasteiger partial charge in [-0.15, -0.1) is 0 Å². The number of aryl methyl sites for hydroxylation is 1. The van der Waals surface area contributed by atoms with Gasteiger partial charge in [-0.05, 0) is 55.0 Å². The lowest BCUT2D eigenvalue weighted by molar-refractivity contribution is 0.808. The molecule has 0 atom stereocenters. The molecule has 2 heteroatoms. The van der Waals surface area contributed by atoms with Crippen LogP contribution in [-0.4, -0.2) is 4.98 Å². The average Bonchev–Trinajstić information content (AvgIpc) is 2.41. The Balaban J connectivity index is 2.10. The van der Waals surface area contributed by atoms with Crippen LogP contribution in [0, 0.1) is 6.92 Å². The Kier molecular flexibility index (Phi) is 3.39. The number of benzene rings is 1. The molecule has 0 unspecified atom stereocenters. The fraction of sp³-hybridized carbons (Fsp3) is 0.235. The van der Waals surface area contributed by atoms with Crippen molar-refractivity contribution in [3.63, 3.8) is 0 Å². The quantitative estimate of drug-likeness (QED) is 0.716. The molecule has 0 aliphatic heterocycles. The standard InChI is InChI=1S/C17H16ClN/c1-12-10-16(18)15-9-5-8-14(17(15)19-12)11-13-6-3-2-4-7-13/h2-4,6-7,10-11H,5,8-9H2,1H3/b14-11-. The highest BCUT2D eigenvalue weighted by atomic mass is 35.5.